The second-order valence-corrected chi connectivity index (χ2v) is 4.08. The highest BCUT2D eigenvalue weighted by atomic mass is 32.1. The minimum Gasteiger partial charge on any atom is -0.245 e. The molecule has 13 heavy (non-hydrogen) atoms. The molecular weight excluding hydrogens is 178 g/mol. The molecule has 0 saturated carbocycles. The molecule has 1 rings (SSSR count). The van der Waals surface area contributed by atoms with Crippen molar-refractivity contribution in [3.8, 4) is 0 Å². The molecule has 1 nitrogen and oxygen atoms in total. The Hall–Kier alpha value is -0.890. The molecular formula is C11H15NS. The van der Waals surface area contributed by atoms with Gasteiger partial charge < -0.3 is 0 Å². The van der Waals surface area contributed by atoms with Gasteiger partial charge in [0.15, 0.2) is 0 Å². The maximum atomic E-state index is 4.26. The van der Waals surface area contributed by atoms with Crippen molar-refractivity contribution < 1.29 is 0 Å². The zero-order valence-corrected chi connectivity index (χ0v) is 9.14. The van der Waals surface area contributed by atoms with Crippen molar-refractivity contribution in [3.05, 3.63) is 34.8 Å². The van der Waals surface area contributed by atoms with Crippen molar-refractivity contribution in [2.45, 2.75) is 20.8 Å². The van der Waals surface area contributed by atoms with Crippen molar-refractivity contribution in [1.82, 2.24) is 4.98 Å². The molecule has 70 valence electrons. The molecule has 0 saturated heterocycles. The van der Waals surface area contributed by atoms with Crippen LogP contribution < -0.4 is 0 Å². The summed E-state index contributed by atoms with van der Waals surface area (Å²) in [6, 6.07) is 0. The molecule has 0 bridgehead atoms. The molecule has 0 aliphatic rings. The van der Waals surface area contributed by atoms with Crippen LogP contribution in [0.3, 0.4) is 0 Å². The molecule has 0 aromatic carbocycles. The van der Waals surface area contributed by atoms with Gasteiger partial charge in [-0.1, -0.05) is 32.1 Å². The molecule has 0 fully saturated rings. The summed E-state index contributed by atoms with van der Waals surface area (Å²) in [5.74, 6) is 0.593. The fraction of sp³-hybridized carbons (Fsp3) is 0.364. The molecule has 2 heteroatoms. The highest BCUT2D eigenvalue weighted by Gasteiger charge is 1.98. The monoisotopic (exact) mass is 193 g/mol. The third kappa shape index (κ3) is 3.15. The number of hydrogen-bond donors (Lipinski definition) is 0. The van der Waals surface area contributed by atoms with E-state index in [0.717, 1.165) is 5.01 Å². The summed E-state index contributed by atoms with van der Waals surface area (Å²) in [5.41, 5.74) is 1.21. The molecule has 1 aromatic heterocycles. The first-order valence-electron chi connectivity index (χ1n) is 4.48. The Balaban J connectivity index is 2.77. The number of aromatic nitrogens is 1. The molecule has 0 amide bonds. The first-order valence-corrected chi connectivity index (χ1v) is 5.36. The standard InChI is InChI=1S/C11H15NS/c1-4-10(6-5-9(2)3)11-12-7-8-13-11/h4-9H,1-3H3/b6-5-,10-4+. The van der Waals surface area contributed by atoms with Crippen LogP contribution in [0.4, 0.5) is 0 Å². The number of nitrogens with zero attached hydrogens (tertiary/aromatic N) is 1. The van der Waals surface area contributed by atoms with E-state index in [2.05, 4.69) is 37.1 Å². The Kier molecular flexibility index (Phi) is 3.90. The summed E-state index contributed by atoms with van der Waals surface area (Å²) in [6.45, 7) is 6.39. The van der Waals surface area contributed by atoms with Gasteiger partial charge in [-0.2, -0.15) is 0 Å². The summed E-state index contributed by atoms with van der Waals surface area (Å²) in [7, 11) is 0. The highest BCUT2D eigenvalue weighted by Crippen LogP contribution is 2.18. The fourth-order valence-corrected chi connectivity index (χ4v) is 1.65. The van der Waals surface area contributed by atoms with Gasteiger partial charge in [0.2, 0.25) is 0 Å². The number of rotatable bonds is 3. The summed E-state index contributed by atoms with van der Waals surface area (Å²) >= 11 is 1.68. The van der Waals surface area contributed by atoms with E-state index in [1.807, 2.05) is 18.5 Å². The zero-order valence-electron chi connectivity index (χ0n) is 8.32. The van der Waals surface area contributed by atoms with Gasteiger partial charge in [-0.15, -0.1) is 11.3 Å². The number of hydrogen-bond acceptors (Lipinski definition) is 2. The van der Waals surface area contributed by atoms with Crippen LogP contribution in [0, 0.1) is 5.92 Å². The largest absolute Gasteiger partial charge is 0.245 e. The van der Waals surface area contributed by atoms with Crippen LogP contribution >= 0.6 is 11.3 Å². The van der Waals surface area contributed by atoms with Crippen LogP contribution in [-0.4, -0.2) is 4.98 Å². The van der Waals surface area contributed by atoms with Crippen LogP contribution in [0.25, 0.3) is 5.57 Å². The lowest BCUT2D eigenvalue weighted by Crippen LogP contribution is -1.81. The number of allylic oxidation sites excluding steroid dienone is 4. The molecule has 0 aliphatic carbocycles. The van der Waals surface area contributed by atoms with Crippen molar-refractivity contribution in [2.75, 3.05) is 0 Å². The van der Waals surface area contributed by atoms with Crippen molar-refractivity contribution in [2.24, 2.45) is 5.92 Å². The summed E-state index contributed by atoms with van der Waals surface area (Å²) in [6.07, 6.45) is 8.27. The zero-order chi connectivity index (χ0) is 9.68. The quantitative estimate of drug-likeness (QED) is 0.666. The van der Waals surface area contributed by atoms with Gasteiger partial charge in [0.25, 0.3) is 0 Å². The van der Waals surface area contributed by atoms with Crippen LogP contribution in [0.1, 0.15) is 25.8 Å². The van der Waals surface area contributed by atoms with Crippen LogP contribution in [-0.2, 0) is 0 Å². The van der Waals surface area contributed by atoms with E-state index in [0.29, 0.717) is 5.92 Å². The first-order chi connectivity index (χ1) is 6.24. The van der Waals surface area contributed by atoms with E-state index < -0.39 is 0 Å². The second kappa shape index (κ2) is 4.97. The molecule has 1 aromatic rings. The molecule has 0 atom stereocenters. The minimum absolute atomic E-state index is 0.593. The van der Waals surface area contributed by atoms with Crippen molar-refractivity contribution in [3.63, 3.8) is 0 Å². The highest BCUT2D eigenvalue weighted by molar-refractivity contribution is 7.10. The van der Waals surface area contributed by atoms with Crippen LogP contribution in [0.15, 0.2) is 29.8 Å². The molecule has 1 heterocycles. The lowest BCUT2D eigenvalue weighted by molar-refractivity contribution is 0.832. The lowest BCUT2D eigenvalue weighted by atomic mass is 10.1. The van der Waals surface area contributed by atoms with E-state index in [-0.39, 0.29) is 0 Å². The topological polar surface area (TPSA) is 12.9 Å². The van der Waals surface area contributed by atoms with Crippen LogP contribution in [0.2, 0.25) is 0 Å². The summed E-state index contributed by atoms with van der Waals surface area (Å²) in [4.78, 5) is 4.26. The van der Waals surface area contributed by atoms with E-state index in [1.54, 1.807) is 11.3 Å². The minimum atomic E-state index is 0.593. The first kappa shape index (κ1) is 10.2. The van der Waals surface area contributed by atoms with Crippen LogP contribution in [0.5, 0.6) is 0 Å². The Morgan fingerprint density at radius 1 is 1.54 bits per heavy atom. The van der Waals surface area contributed by atoms with E-state index in [1.165, 1.54) is 5.57 Å². The second-order valence-electron chi connectivity index (χ2n) is 3.18. The van der Waals surface area contributed by atoms with E-state index in [4.69, 9.17) is 0 Å². The van der Waals surface area contributed by atoms with Crippen molar-refractivity contribution in [1.29, 1.82) is 0 Å². The smallest absolute Gasteiger partial charge is 0.122 e. The predicted molar refractivity (Wildman–Crippen MR) is 59.7 cm³/mol. The van der Waals surface area contributed by atoms with Gasteiger partial charge in [0.1, 0.15) is 5.01 Å². The average molecular weight is 193 g/mol. The van der Waals surface area contributed by atoms with Gasteiger partial charge in [-0.25, -0.2) is 4.98 Å². The van der Waals surface area contributed by atoms with Gasteiger partial charge >= 0.3 is 0 Å². The molecule has 0 radical (unpaired) electrons. The van der Waals surface area contributed by atoms with Gasteiger partial charge in [0, 0.05) is 17.2 Å². The van der Waals surface area contributed by atoms with Gasteiger partial charge in [-0.05, 0) is 12.8 Å². The maximum absolute atomic E-state index is 4.26. The Bertz CT molecular complexity index is 294. The SMILES string of the molecule is C/C=C(\C=C/C(C)C)c1nccs1. The van der Waals surface area contributed by atoms with Gasteiger partial charge in [0.05, 0.1) is 0 Å². The average Bonchev–Trinajstić information content (AvgIpc) is 2.58. The molecule has 0 spiro atoms. The van der Waals surface area contributed by atoms with Gasteiger partial charge in [-0.3, -0.25) is 0 Å². The molecule has 0 aliphatic heterocycles. The lowest BCUT2D eigenvalue weighted by Gasteiger charge is -1.97. The summed E-state index contributed by atoms with van der Waals surface area (Å²) in [5, 5.41) is 3.10. The van der Waals surface area contributed by atoms with Crippen molar-refractivity contribution >= 4 is 16.9 Å². The fourth-order valence-electron chi connectivity index (χ4n) is 0.953. The third-order valence-corrected chi connectivity index (χ3v) is 2.47. The summed E-state index contributed by atoms with van der Waals surface area (Å²) < 4.78 is 0. The van der Waals surface area contributed by atoms with E-state index in [9.17, 15) is 0 Å². The molecule has 0 unspecified atom stereocenters. The predicted octanol–water partition coefficient (Wildman–Crippen LogP) is 3.76. The maximum Gasteiger partial charge on any atom is 0.122 e. The number of thiazole rings is 1. The van der Waals surface area contributed by atoms with E-state index >= 15 is 0 Å². The third-order valence-electron chi connectivity index (χ3n) is 1.65. The normalized spacial score (nSPS) is 13.1. The molecule has 0 N–H and O–H groups in total. The Morgan fingerprint density at radius 3 is 2.77 bits per heavy atom. The Labute approximate surface area is 83.8 Å². The Morgan fingerprint density at radius 2 is 2.31 bits per heavy atom.